The normalized spacial score (nSPS) is 18.2. The molecule has 134 valence electrons. The van der Waals surface area contributed by atoms with Gasteiger partial charge in [0, 0.05) is 25.9 Å². The van der Waals surface area contributed by atoms with Crippen molar-refractivity contribution >= 4 is 5.95 Å². The van der Waals surface area contributed by atoms with Gasteiger partial charge in [-0.3, -0.25) is 0 Å². The zero-order valence-electron chi connectivity index (χ0n) is 14.3. The smallest absolute Gasteiger partial charge is 0.347 e. The highest BCUT2D eigenvalue weighted by molar-refractivity contribution is 5.67. The summed E-state index contributed by atoms with van der Waals surface area (Å²) in [4.78, 5) is 10.8. The fourth-order valence-corrected chi connectivity index (χ4v) is 3.01. The Kier molecular flexibility index (Phi) is 4.94. The molecule has 1 unspecified atom stereocenters. The van der Waals surface area contributed by atoms with Gasteiger partial charge >= 0.3 is 6.18 Å². The molecule has 2 aromatic rings. The van der Waals surface area contributed by atoms with Crippen molar-refractivity contribution in [3.8, 4) is 11.1 Å². The molecule has 7 heteroatoms. The second-order valence-electron chi connectivity index (χ2n) is 6.44. The molecule has 0 spiro atoms. The van der Waals surface area contributed by atoms with Crippen LogP contribution in [0.2, 0.25) is 0 Å². The second kappa shape index (κ2) is 7.00. The van der Waals surface area contributed by atoms with E-state index in [1.807, 2.05) is 19.0 Å². The van der Waals surface area contributed by atoms with Crippen molar-refractivity contribution in [1.29, 1.82) is 0 Å². The lowest BCUT2D eigenvalue weighted by molar-refractivity contribution is -0.137. The van der Waals surface area contributed by atoms with Crippen LogP contribution in [0.5, 0.6) is 0 Å². The third-order valence-electron chi connectivity index (χ3n) is 4.37. The molecule has 1 saturated heterocycles. The van der Waals surface area contributed by atoms with Crippen molar-refractivity contribution in [2.75, 3.05) is 25.5 Å². The van der Waals surface area contributed by atoms with Gasteiger partial charge in [0.25, 0.3) is 0 Å². The van der Waals surface area contributed by atoms with E-state index in [4.69, 9.17) is 0 Å². The monoisotopic (exact) mass is 350 g/mol. The highest BCUT2D eigenvalue weighted by Crippen LogP contribution is 2.34. The number of aromatic nitrogens is 2. The maximum absolute atomic E-state index is 12.8. The van der Waals surface area contributed by atoms with Gasteiger partial charge in [-0.05, 0) is 37.1 Å². The first kappa shape index (κ1) is 17.7. The maximum Gasteiger partial charge on any atom is 0.416 e. The Balaban J connectivity index is 2.02. The number of alkyl halides is 3. The summed E-state index contributed by atoms with van der Waals surface area (Å²) in [5, 5.41) is 3.46. The SMILES string of the molecule is CN(C)c1ncc(-c2ccc(C(F)(F)F)cc2)c(C2CCCCN2)n1. The summed E-state index contributed by atoms with van der Waals surface area (Å²) in [6, 6.07) is 5.28. The average Bonchev–Trinajstić information content (AvgIpc) is 2.61. The van der Waals surface area contributed by atoms with E-state index in [-0.39, 0.29) is 6.04 Å². The molecule has 0 amide bonds. The van der Waals surface area contributed by atoms with Gasteiger partial charge in [-0.1, -0.05) is 18.6 Å². The van der Waals surface area contributed by atoms with E-state index in [0.29, 0.717) is 11.5 Å². The lowest BCUT2D eigenvalue weighted by Gasteiger charge is -2.26. The molecular weight excluding hydrogens is 329 g/mol. The number of rotatable bonds is 3. The van der Waals surface area contributed by atoms with E-state index < -0.39 is 11.7 Å². The number of anilines is 1. The van der Waals surface area contributed by atoms with Crippen molar-refractivity contribution in [3.05, 3.63) is 41.7 Å². The predicted octanol–water partition coefficient (Wildman–Crippen LogP) is 4.04. The molecule has 25 heavy (non-hydrogen) atoms. The van der Waals surface area contributed by atoms with Gasteiger partial charge in [0.15, 0.2) is 0 Å². The Morgan fingerprint density at radius 2 is 1.84 bits per heavy atom. The van der Waals surface area contributed by atoms with Crippen molar-refractivity contribution in [2.24, 2.45) is 0 Å². The molecule has 0 bridgehead atoms. The summed E-state index contributed by atoms with van der Waals surface area (Å²) >= 11 is 0. The van der Waals surface area contributed by atoms with Crippen LogP contribution in [0.1, 0.15) is 36.6 Å². The maximum atomic E-state index is 12.8. The minimum absolute atomic E-state index is 0.0905. The summed E-state index contributed by atoms with van der Waals surface area (Å²) in [5.41, 5.74) is 1.66. The van der Waals surface area contributed by atoms with E-state index >= 15 is 0 Å². The molecule has 1 N–H and O–H groups in total. The first-order valence-electron chi connectivity index (χ1n) is 8.31. The molecule has 3 rings (SSSR count). The Hall–Kier alpha value is -2.15. The standard InChI is InChI=1S/C18H21F3N4/c1-25(2)17-23-11-14(16(24-17)15-5-3-4-10-22-15)12-6-8-13(9-7-12)18(19,20)21/h6-9,11,15,22H,3-5,10H2,1-2H3. The van der Waals surface area contributed by atoms with Crippen LogP contribution in [0.4, 0.5) is 19.1 Å². The molecule has 0 aliphatic carbocycles. The number of hydrogen-bond donors (Lipinski definition) is 1. The molecule has 1 fully saturated rings. The summed E-state index contributed by atoms with van der Waals surface area (Å²) in [5.74, 6) is 0.595. The highest BCUT2D eigenvalue weighted by Gasteiger charge is 2.30. The van der Waals surface area contributed by atoms with Crippen LogP contribution >= 0.6 is 0 Å². The topological polar surface area (TPSA) is 41.1 Å². The highest BCUT2D eigenvalue weighted by atomic mass is 19.4. The van der Waals surface area contributed by atoms with Gasteiger partial charge in [-0.25, -0.2) is 9.97 Å². The molecule has 2 heterocycles. The van der Waals surface area contributed by atoms with Crippen LogP contribution in [-0.4, -0.2) is 30.6 Å². The van der Waals surface area contributed by atoms with Crippen LogP contribution in [0, 0.1) is 0 Å². The van der Waals surface area contributed by atoms with Gasteiger partial charge < -0.3 is 10.2 Å². The van der Waals surface area contributed by atoms with Crippen LogP contribution in [0.15, 0.2) is 30.5 Å². The molecular formula is C18H21F3N4. The fourth-order valence-electron chi connectivity index (χ4n) is 3.01. The van der Waals surface area contributed by atoms with E-state index in [2.05, 4.69) is 15.3 Å². The minimum Gasteiger partial charge on any atom is -0.347 e. The first-order valence-corrected chi connectivity index (χ1v) is 8.31. The number of nitrogens with one attached hydrogen (secondary N) is 1. The summed E-state index contributed by atoms with van der Waals surface area (Å²) in [6.07, 6.45) is 0.550. The average molecular weight is 350 g/mol. The predicted molar refractivity (Wildman–Crippen MR) is 91.4 cm³/mol. The fraction of sp³-hybridized carbons (Fsp3) is 0.444. The van der Waals surface area contributed by atoms with Gasteiger partial charge in [0.1, 0.15) is 0 Å². The third-order valence-corrected chi connectivity index (χ3v) is 4.37. The lowest BCUT2D eigenvalue weighted by atomic mass is 9.95. The number of nitrogens with zero attached hydrogens (tertiary/aromatic N) is 3. The third kappa shape index (κ3) is 3.92. The molecule has 4 nitrogen and oxygen atoms in total. The van der Waals surface area contributed by atoms with Crippen molar-refractivity contribution in [3.63, 3.8) is 0 Å². The Morgan fingerprint density at radius 3 is 2.40 bits per heavy atom. The Morgan fingerprint density at radius 1 is 1.12 bits per heavy atom. The van der Waals surface area contributed by atoms with Crippen LogP contribution in [0.3, 0.4) is 0 Å². The molecule has 0 radical (unpaired) electrons. The summed E-state index contributed by atoms with van der Waals surface area (Å²) in [7, 11) is 3.73. The van der Waals surface area contributed by atoms with Gasteiger partial charge in [0.2, 0.25) is 5.95 Å². The minimum atomic E-state index is -4.34. The number of halogens is 3. The lowest BCUT2D eigenvalue weighted by Crippen LogP contribution is -2.28. The Bertz CT molecular complexity index is 720. The number of hydrogen-bond acceptors (Lipinski definition) is 4. The quantitative estimate of drug-likeness (QED) is 0.907. The van der Waals surface area contributed by atoms with E-state index in [1.54, 1.807) is 6.20 Å². The molecule has 1 aromatic heterocycles. The summed E-state index contributed by atoms with van der Waals surface area (Å²) < 4.78 is 38.4. The molecule has 1 atom stereocenters. The molecule has 1 aromatic carbocycles. The molecule has 0 saturated carbocycles. The van der Waals surface area contributed by atoms with Crippen LogP contribution in [0.25, 0.3) is 11.1 Å². The van der Waals surface area contributed by atoms with Crippen LogP contribution < -0.4 is 10.2 Å². The van der Waals surface area contributed by atoms with Crippen molar-refractivity contribution < 1.29 is 13.2 Å². The second-order valence-corrected chi connectivity index (χ2v) is 6.44. The van der Waals surface area contributed by atoms with Gasteiger partial charge in [-0.2, -0.15) is 13.2 Å². The number of benzene rings is 1. The van der Waals surface area contributed by atoms with Crippen molar-refractivity contribution in [1.82, 2.24) is 15.3 Å². The van der Waals surface area contributed by atoms with Crippen molar-refractivity contribution in [2.45, 2.75) is 31.5 Å². The van der Waals surface area contributed by atoms with Crippen LogP contribution in [-0.2, 0) is 6.18 Å². The zero-order chi connectivity index (χ0) is 18.0. The molecule has 1 aliphatic heterocycles. The van der Waals surface area contributed by atoms with E-state index in [0.717, 1.165) is 49.2 Å². The van der Waals surface area contributed by atoms with Gasteiger partial charge in [0.05, 0.1) is 17.3 Å². The largest absolute Gasteiger partial charge is 0.416 e. The van der Waals surface area contributed by atoms with E-state index in [1.165, 1.54) is 12.1 Å². The molecule has 1 aliphatic rings. The first-order chi connectivity index (χ1) is 11.9. The summed E-state index contributed by atoms with van der Waals surface area (Å²) in [6.45, 7) is 0.915. The van der Waals surface area contributed by atoms with Gasteiger partial charge in [-0.15, -0.1) is 0 Å². The Labute approximate surface area is 145 Å². The van der Waals surface area contributed by atoms with E-state index in [9.17, 15) is 13.2 Å². The number of piperidine rings is 1. The zero-order valence-corrected chi connectivity index (χ0v) is 14.3.